The molecule has 0 saturated heterocycles. The van der Waals surface area contributed by atoms with Gasteiger partial charge in [-0.3, -0.25) is 0 Å². The van der Waals surface area contributed by atoms with Gasteiger partial charge in [0.1, 0.15) is 12.4 Å². The van der Waals surface area contributed by atoms with Gasteiger partial charge >= 0.3 is 11.8 Å². The number of carboxylic acids is 1. The third-order valence-electron chi connectivity index (χ3n) is 1.73. The van der Waals surface area contributed by atoms with Crippen molar-refractivity contribution < 1.29 is 31.4 Å². The van der Waals surface area contributed by atoms with Crippen molar-refractivity contribution in [3.8, 4) is 0 Å². The van der Waals surface area contributed by atoms with Gasteiger partial charge in [0.15, 0.2) is 0 Å². The lowest BCUT2D eigenvalue weighted by Crippen LogP contribution is -3.00. The molecule has 4 nitrogen and oxygen atoms in total. The molecule has 1 rings (SSSR count). The smallest absolute Gasteiger partial charge is 0.419 e. The molecule has 0 fully saturated rings. The Labute approximate surface area is 87.6 Å². The van der Waals surface area contributed by atoms with Gasteiger partial charge in [0.05, 0.1) is 13.6 Å². The van der Waals surface area contributed by atoms with Crippen molar-refractivity contribution in [2.75, 3.05) is 0 Å². The van der Waals surface area contributed by atoms with E-state index in [0.717, 1.165) is 13.0 Å². The molecule has 1 aromatic heterocycles. The van der Waals surface area contributed by atoms with Crippen molar-refractivity contribution in [2.45, 2.75) is 19.9 Å². The van der Waals surface area contributed by atoms with Crippen LogP contribution in [0, 0.1) is 0 Å². The van der Waals surface area contributed by atoms with Crippen LogP contribution in [0.25, 0.3) is 0 Å². The largest absolute Gasteiger partial charge is 1.00 e. The zero-order valence-corrected chi connectivity index (χ0v) is 9.28. The first-order valence-electron chi connectivity index (χ1n) is 3.95. The Morgan fingerprint density at radius 3 is 2.77 bits per heavy atom. The Morgan fingerprint density at radius 1 is 1.69 bits per heavy atom. The van der Waals surface area contributed by atoms with Crippen molar-refractivity contribution in [3.63, 3.8) is 0 Å². The second-order valence-corrected chi connectivity index (χ2v) is 2.73. The molecule has 0 radical (unpaired) electrons. The van der Waals surface area contributed by atoms with E-state index in [1.165, 1.54) is 0 Å². The fraction of sp³-hybridized carbons (Fsp3) is 0.500. The van der Waals surface area contributed by atoms with Crippen LogP contribution < -0.4 is 21.5 Å². The van der Waals surface area contributed by atoms with Gasteiger partial charge < -0.3 is 22.1 Å². The van der Waals surface area contributed by atoms with Crippen LogP contribution in [-0.4, -0.2) is 15.6 Å². The molecule has 0 saturated carbocycles. The maximum atomic E-state index is 10.7. The molecule has 13 heavy (non-hydrogen) atoms. The average molecular weight is 249 g/mol. The summed E-state index contributed by atoms with van der Waals surface area (Å²) >= 11 is 0. The van der Waals surface area contributed by atoms with Crippen molar-refractivity contribution in [3.05, 3.63) is 18.2 Å². The summed E-state index contributed by atoms with van der Waals surface area (Å²) in [5.41, 5.74) is 0. The van der Waals surface area contributed by atoms with Crippen molar-refractivity contribution in [1.29, 1.82) is 0 Å². The van der Waals surface area contributed by atoms with E-state index in [1.54, 1.807) is 28.6 Å². The monoisotopic (exact) mass is 248 g/mol. The van der Waals surface area contributed by atoms with Crippen LogP contribution in [0.5, 0.6) is 0 Å². The summed E-state index contributed by atoms with van der Waals surface area (Å²) < 4.78 is 3.35. The molecule has 0 bridgehead atoms. The Balaban J connectivity index is 0.00000144. The maximum absolute atomic E-state index is 10.7. The number of nitrogens with zero attached hydrogens (tertiary/aromatic N) is 2. The lowest BCUT2D eigenvalue weighted by atomic mass is 10.4. The standard InChI is InChI=1S/C8H12N2O2.BrH/c1-3-4-10-6-5-9(2)7(10)8(11)12;/h5-6H,3-4H2,1-2H3;1H. The second kappa shape index (κ2) is 5.01. The first-order chi connectivity index (χ1) is 5.66. The third-order valence-corrected chi connectivity index (χ3v) is 1.73. The summed E-state index contributed by atoms with van der Waals surface area (Å²) in [5, 5.41) is 8.82. The molecule has 0 spiro atoms. The highest BCUT2D eigenvalue weighted by Crippen LogP contribution is 1.96. The number of hydrogen-bond acceptors (Lipinski definition) is 1. The summed E-state index contributed by atoms with van der Waals surface area (Å²) in [6.07, 6.45) is 4.47. The summed E-state index contributed by atoms with van der Waals surface area (Å²) in [6, 6.07) is 0. The molecule has 0 aliphatic carbocycles. The maximum Gasteiger partial charge on any atom is 0.419 e. The number of aromatic carboxylic acids is 1. The molecular weight excluding hydrogens is 236 g/mol. The highest BCUT2D eigenvalue weighted by atomic mass is 79.9. The van der Waals surface area contributed by atoms with Crippen LogP contribution in [-0.2, 0) is 13.6 Å². The van der Waals surface area contributed by atoms with E-state index in [4.69, 9.17) is 5.11 Å². The number of aryl methyl sites for hydroxylation is 2. The van der Waals surface area contributed by atoms with Gasteiger partial charge in [0.2, 0.25) is 0 Å². The number of halogens is 1. The lowest BCUT2D eigenvalue weighted by Gasteiger charge is -1.94. The van der Waals surface area contributed by atoms with E-state index in [-0.39, 0.29) is 17.0 Å². The molecule has 0 unspecified atom stereocenters. The highest BCUT2D eigenvalue weighted by Gasteiger charge is 2.21. The molecule has 5 heteroatoms. The number of imidazole rings is 1. The SMILES string of the molecule is CCCn1cc[n+](C)c1C(=O)O.[Br-]. The summed E-state index contributed by atoms with van der Waals surface area (Å²) in [5.74, 6) is -0.548. The number of carboxylic acid groups (broad SMARTS) is 1. The van der Waals surface area contributed by atoms with Crippen LogP contribution >= 0.6 is 0 Å². The summed E-state index contributed by atoms with van der Waals surface area (Å²) in [6.45, 7) is 2.77. The average Bonchev–Trinajstić information content (AvgIpc) is 2.32. The predicted molar refractivity (Wildman–Crippen MR) is 42.9 cm³/mol. The minimum atomic E-state index is -0.879. The van der Waals surface area contributed by atoms with Gasteiger partial charge in [-0.15, -0.1) is 0 Å². The van der Waals surface area contributed by atoms with Crippen LogP contribution in [0.3, 0.4) is 0 Å². The predicted octanol–water partition coefficient (Wildman–Crippen LogP) is -2.58. The Morgan fingerprint density at radius 2 is 2.31 bits per heavy atom. The minimum absolute atomic E-state index is 0. The minimum Gasteiger partial charge on any atom is -1.00 e. The molecule has 1 heterocycles. The van der Waals surface area contributed by atoms with Crippen molar-refractivity contribution >= 4 is 5.97 Å². The van der Waals surface area contributed by atoms with Crippen molar-refractivity contribution in [1.82, 2.24) is 4.57 Å². The van der Waals surface area contributed by atoms with Gasteiger partial charge in [-0.1, -0.05) is 6.92 Å². The van der Waals surface area contributed by atoms with Gasteiger partial charge in [-0.25, -0.2) is 13.9 Å². The zero-order chi connectivity index (χ0) is 9.14. The lowest BCUT2D eigenvalue weighted by molar-refractivity contribution is -0.673. The zero-order valence-electron chi connectivity index (χ0n) is 7.70. The molecule has 0 aliphatic rings. The van der Waals surface area contributed by atoms with E-state index >= 15 is 0 Å². The topological polar surface area (TPSA) is 46.1 Å². The first-order valence-corrected chi connectivity index (χ1v) is 3.95. The van der Waals surface area contributed by atoms with E-state index < -0.39 is 5.97 Å². The van der Waals surface area contributed by atoms with Crippen molar-refractivity contribution in [2.24, 2.45) is 7.05 Å². The molecule has 0 aliphatic heterocycles. The number of aromatic nitrogens is 2. The van der Waals surface area contributed by atoms with E-state index in [9.17, 15) is 4.79 Å². The molecular formula is C8H13BrN2O2. The summed E-state index contributed by atoms with van der Waals surface area (Å²) in [7, 11) is 1.73. The van der Waals surface area contributed by atoms with Crippen LogP contribution in [0.15, 0.2) is 12.4 Å². The molecule has 0 aromatic carbocycles. The van der Waals surface area contributed by atoms with Crippen LogP contribution in [0.4, 0.5) is 0 Å². The number of rotatable bonds is 3. The highest BCUT2D eigenvalue weighted by molar-refractivity contribution is 5.81. The van der Waals surface area contributed by atoms with Gasteiger partial charge in [-0.05, 0) is 6.42 Å². The summed E-state index contributed by atoms with van der Waals surface area (Å²) in [4.78, 5) is 10.7. The first kappa shape index (κ1) is 12.2. The van der Waals surface area contributed by atoms with E-state index in [0.29, 0.717) is 5.82 Å². The molecule has 1 N–H and O–H groups in total. The molecule has 0 amide bonds. The van der Waals surface area contributed by atoms with E-state index in [1.807, 2.05) is 6.92 Å². The number of hydrogen-bond donors (Lipinski definition) is 1. The van der Waals surface area contributed by atoms with Crippen LogP contribution in [0.1, 0.15) is 24.0 Å². The Kier molecular flexibility index (Phi) is 4.69. The number of carbonyl (C=O) groups is 1. The third kappa shape index (κ3) is 2.55. The van der Waals surface area contributed by atoms with Gasteiger partial charge in [0.25, 0.3) is 0 Å². The van der Waals surface area contributed by atoms with Crippen LogP contribution in [0.2, 0.25) is 0 Å². The quantitative estimate of drug-likeness (QED) is 0.598. The normalized spacial score (nSPS) is 9.38. The Hall–Kier alpha value is -0.840. The molecule has 1 aromatic rings. The fourth-order valence-electron chi connectivity index (χ4n) is 1.22. The fourth-order valence-corrected chi connectivity index (χ4v) is 1.22. The van der Waals surface area contributed by atoms with Gasteiger partial charge in [0, 0.05) is 0 Å². The van der Waals surface area contributed by atoms with E-state index in [2.05, 4.69) is 0 Å². The van der Waals surface area contributed by atoms with Gasteiger partial charge in [-0.2, -0.15) is 0 Å². The second-order valence-electron chi connectivity index (χ2n) is 2.73. The Bertz CT molecular complexity index is 296. The molecule has 74 valence electrons. The molecule has 0 atom stereocenters.